The van der Waals surface area contributed by atoms with Gasteiger partial charge >= 0.3 is 0 Å². The van der Waals surface area contributed by atoms with E-state index < -0.39 is 0 Å². The molecular weight excluding hydrogens is 263 g/mol. The van der Waals surface area contributed by atoms with E-state index in [2.05, 4.69) is 28.8 Å². The minimum absolute atomic E-state index is 0.186. The van der Waals surface area contributed by atoms with Crippen molar-refractivity contribution >= 4 is 5.69 Å². The monoisotopic (exact) mass is 282 g/mol. The van der Waals surface area contributed by atoms with Crippen LogP contribution in [0.25, 0.3) is 11.1 Å². The highest BCUT2D eigenvalue weighted by Gasteiger charge is 2.32. The summed E-state index contributed by atoms with van der Waals surface area (Å²) in [5.41, 5.74) is 4.90. The van der Waals surface area contributed by atoms with Gasteiger partial charge in [-0.1, -0.05) is 30.3 Å². The van der Waals surface area contributed by atoms with E-state index in [1.807, 2.05) is 12.1 Å². The molecule has 2 nitrogen and oxygen atoms in total. The van der Waals surface area contributed by atoms with Gasteiger partial charge in [-0.15, -0.1) is 0 Å². The van der Waals surface area contributed by atoms with Crippen LogP contribution in [0, 0.1) is 11.7 Å². The van der Waals surface area contributed by atoms with Crippen molar-refractivity contribution in [2.75, 3.05) is 25.0 Å². The van der Waals surface area contributed by atoms with E-state index in [9.17, 15) is 4.39 Å². The molecule has 2 N–H and O–H groups in total. The van der Waals surface area contributed by atoms with Gasteiger partial charge in [0.1, 0.15) is 5.82 Å². The smallest absolute Gasteiger partial charge is 0.123 e. The van der Waals surface area contributed by atoms with Gasteiger partial charge in [0.05, 0.1) is 0 Å². The highest BCUT2D eigenvalue weighted by atomic mass is 19.1. The van der Waals surface area contributed by atoms with Crippen molar-refractivity contribution in [3.63, 3.8) is 0 Å². The molecule has 2 heterocycles. The zero-order valence-corrected chi connectivity index (χ0v) is 11.9. The predicted octanol–water partition coefficient (Wildman–Crippen LogP) is 3.61. The number of hydrogen-bond donors (Lipinski definition) is 2. The Morgan fingerprint density at radius 2 is 1.86 bits per heavy atom. The molecule has 0 aromatic heterocycles. The van der Waals surface area contributed by atoms with E-state index >= 15 is 0 Å². The van der Waals surface area contributed by atoms with Crippen molar-refractivity contribution in [2.24, 2.45) is 5.92 Å². The van der Waals surface area contributed by atoms with Gasteiger partial charge in [0.15, 0.2) is 0 Å². The average Bonchev–Trinajstić information content (AvgIpc) is 2.90. The molecule has 2 aliphatic heterocycles. The Kier molecular flexibility index (Phi) is 3.15. The quantitative estimate of drug-likeness (QED) is 0.835. The minimum atomic E-state index is -0.186. The molecule has 2 aromatic carbocycles. The van der Waals surface area contributed by atoms with Gasteiger partial charge in [0.25, 0.3) is 0 Å². The van der Waals surface area contributed by atoms with Crippen LogP contribution in [0.15, 0.2) is 42.5 Å². The van der Waals surface area contributed by atoms with Crippen LogP contribution < -0.4 is 10.6 Å². The van der Waals surface area contributed by atoms with Crippen molar-refractivity contribution in [3.8, 4) is 11.1 Å². The Hall–Kier alpha value is -1.87. The summed E-state index contributed by atoms with van der Waals surface area (Å²) in [4.78, 5) is 0. The van der Waals surface area contributed by atoms with E-state index in [1.54, 1.807) is 0 Å². The number of nitrogens with one attached hydrogen (secondary N) is 2. The molecule has 0 radical (unpaired) electrons. The van der Waals surface area contributed by atoms with Crippen molar-refractivity contribution in [1.82, 2.24) is 5.32 Å². The molecule has 0 saturated carbocycles. The van der Waals surface area contributed by atoms with E-state index in [0.717, 1.165) is 31.1 Å². The van der Waals surface area contributed by atoms with Gasteiger partial charge in [-0.3, -0.25) is 0 Å². The van der Waals surface area contributed by atoms with Crippen LogP contribution in [0.5, 0.6) is 0 Å². The summed E-state index contributed by atoms with van der Waals surface area (Å²) in [6.45, 7) is 3.19. The van der Waals surface area contributed by atoms with Crippen molar-refractivity contribution < 1.29 is 4.39 Å². The van der Waals surface area contributed by atoms with E-state index in [4.69, 9.17) is 0 Å². The van der Waals surface area contributed by atoms with E-state index in [0.29, 0.717) is 5.92 Å². The molecule has 4 rings (SSSR count). The maximum Gasteiger partial charge on any atom is 0.123 e. The maximum absolute atomic E-state index is 13.2. The van der Waals surface area contributed by atoms with Crippen molar-refractivity contribution in [3.05, 3.63) is 53.8 Å². The third kappa shape index (κ3) is 2.22. The lowest BCUT2D eigenvalue weighted by Crippen LogP contribution is -2.12. The maximum atomic E-state index is 13.2. The number of anilines is 1. The summed E-state index contributed by atoms with van der Waals surface area (Å²) < 4.78 is 13.2. The van der Waals surface area contributed by atoms with Gasteiger partial charge in [0.2, 0.25) is 0 Å². The molecule has 2 atom stereocenters. The Bertz CT molecular complexity index is 651. The van der Waals surface area contributed by atoms with Crippen LogP contribution in [0.2, 0.25) is 0 Å². The zero-order chi connectivity index (χ0) is 14.2. The van der Waals surface area contributed by atoms with Crippen LogP contribution in [0.4, 0.5) is 10.1 Å². The van der Waals surface area contributed by atoms with Crippen LogP contribution >= 0.6 is 0 Å². The standard InChI is InChI=1S/C18H19FN2/c19-14-6-4-12(5-7-14)15-2-1-3-16-17-11-20-10-13(17)8-9-21-18(15)16/h1-7,13,17,20-21H,8-11H2/t13-,17-/m0/s1. The molecule has 3 heteroatoms. The van der Waals surface area contributed by atoms with E-state index in [-0.39, 0.29) is 5.82 Å². The minimum Gasteiger partial charge on any atom is -0.384 e. The lowest BCUT2D eigenvalue weighted by Gasteiger charge is -2.19. The molecule has 2 aliphatic rings. The second kappa shape index (κ2) is 5.15. The fourth-order valence-electron chi connectivity index (χ4n) is 3.73. The zero-order valence-electron chi connectivity index (χ0n) is 11.9. The fraction of sp³-hybridized carbons (Fsp3) is 0.333. The van der Waals surface area contributed by atoms with Gasteiger partial charge < -0.3 is 10.6 Å². The van der Waals surface area contributed by atoms with Gasteiger partial charge in [0, 0.05) is 30.3 Å². The topological polar surface area (TPSA) is 24.1 Å². The Morgan fingerprint density at radius 1 is 1.00 bits per heavy atom. The number of benzene rings is 2. The molecule has 2 aromatic rings. The summed E-state index contributed by atoms with van der Waals surface area (Å²) in [5.74, 6) is 1.13. The number of fused-ring (bicyclic) bond motifs is 3. The first kappa shape index (κ1) is 12.8. The number of hydrogen-bond acceptors (Lipinski definition) is 2. The first-order valence-corrected chi connectivity index (χ1v) is 7.66. The Labute approximate surface area is 124 Å². The lowest BCUT2D eigenvalue weighted by atomic mass is 9.86. The van der Waals surface area contributed by atoms with Crippen LogP contribution in [-0.4, -0.2) is 19.6 Å². The highest BCUT2D eigenvalue weighted by molar-refractivity contribution is 5.81. The summed E-state index contributed by atoms with van der Waals surface area (Å²) in [7, 11) is 0. The molecule has 0 bridgehead atoms. The molecule has 21 heavy (non-hydrogen) atoms. The molecule has 0 spiro atoms. The average molecular weight is 282 g/mol. The molecule has 108 valence electrons. The van der Waals surface area contributed by atoms with Gasteiger partial charge in [-0.25, -0.2) is 4.39 Å². The highest BCUT2D eigenvalue weighted by Crippen LogP contribution is 2.41. The summed E-state index contributed by atoms with van der Waals surface area (Å²) >= 11 is 0. The molecule has 0 amide bonds. The lowest BCUT2D eigenvalue weighted by molar-refractivity contribution is 0.503. The predicted molar refractivity (Wildman–Crippen MR) is 84.0 cm³/mol. The number of halogens is 1. The van der Waals surface area contributed by atoms with Crippen LogP contribution in [0.3, 0.4) is 0 Å². The third-order valence-electron chi connectivity index (χ3n) is 4.81. The van der Waals surface area contributed by atoms with Crippen molar-refractivity contribution in [1.29, 1.82) is 0 Å². The summed E-state index contributed by atoms with van der Waals surface area (Å²) in [5, 5.41) is 7.14. The molecule has 1 fully saturated rings. The first-order chi connectivity index (χ1) is 10.3. The molecular formula is C18H19FN2. The van der Waals surface area contributed by atoms with Gasteiger partial charge in [-0.05, 0) is 42.1 Å². The number of rotatable bonds is 1. The molecule has 1 saturated heterocycles. The Morgan fingerprint density at radius 3 is 2.71 bits per heavy atom. The Balaban J connectivity index is 1.83. The molecule has 0 aliphatic carbocycles. The molecule has 0 unspecified atom stereocenters. The van der Waals surface area contributed by atoms with Crippen LogP contribution in [0.1, 0.15) is 17.9 Å². The van der Waals surface area contributed by atoms with Crippen molar-refractivity contribution in [2.45, 2.75) is 12.3 Å². The van der Waals surface area contributed by atoms with Gasteiger partial charge in [-0.2, -0.15) is 0 Å². The summed E-state index contributed by atoms with van der Waals surface area (Å²) in [6, 6.07) is 13.3. The normalized spacial score (nSPS) is 23.9. The largest absolute Gasteiger partial charge is 0.384 e. The second-order valence-corrected chi connectivity index (χ2v) is 6.02. The first-order valence-electron chi connectivity index (χ1n) is 7.66. The van der Waals surface area contributed by atoms with E-state index in [1.165, 1.54) is 35.4 Å². The second-order valence-electron chi connectivity index (χ2n) is 6.02. The fourth-order valence-corrected chi connectivity index (χ4v) is 3.73. The summed E-state index contributed by atoms with van der Waals surface area (Å²) in [6.07, 6.45) is 1.20. The van der Waals surface area contributed by atoms with Crippen LogP contribution in [-0.2, 0) is 0 Å². The number of para-hydroxylation sites is 1. The third-order valence-corrected chi connectivity index (χ3v) is 4.81. The SMILES string of the molecule is Fc1ccc(-c2cccc3c2NCC[C@H]2CNC[C@H]32)cc1.